The summed E-state index contributed by atoms with van der Waals surface area (Å²) in [7, 11) is 1.97. The highest BCUT2D eigenvalue weighted by Crippen LogP contribution is 2.45. The summed E-state index contributed by atoms with van der Waals surface area (Å²) < 4.78 is 92.6. The minimum absolute atomic E-state index is 0.233. The molecule has 2 aromatic carbocycles. The fourth-order valence-electron chi connectivity index (χ4n) is 3.12. The first kappa shape index (κ1) is 26.1. The summed E-state index contributed by atoms with van der Waals surface area (Å²) in [5.74, 6) is -3.76. The van der Waals surface area contributed by atoms with Crippen LogP contribution in [0.2, 0.25) is 0 Å². The molecule has 3 rings (SSSR count). The van der Waals surface area contributed by atoms with Gasteiger partial charge in [-0.1, -0.05) is 18.2 Å². The summed E-state index contributed by atoms with van der Waals surface area (Å²) in [5.41, 5.74) is -3.54. The third kappa shape index (κ3) is 5.42. The summed E-state index contributed by atoms with van der Waals surface area (Å²) in [5, 5.41) is 4.12. The number of benzene rings is 2. The van der Waals surface area contributed by atoms with Gasteiger partial charge in [-0.05, 0) is 40.2 Å². The molecule has 0 N–H and O–H groups in total. The van der Waals surface area contributed by atoms with Crippen LogP contribution in [0.1, 0.15) is 26.4 Å². The Hall–Kier alpha value is -3.55. The molecule has 14 heteroatoms. The third-order valence-electron chi connectivity index (χ3n) is 4.49. The van der Waals surface area contributed by atoms with Crippen molar-refractivity contribution in [3.63, 3.8) is 0 Å². The molecule has 0 aliphatic heterocycles. The van der Waals surface area contributed by atoms with E-state index >= 15 is 0 Å². The molecule has 0 unspecified atom stereocenters. The maximum absolute atomic E-state index is 13.7. The van der Waals surface area contributed by atoms with Crippen molar-refractivity contribution >= 4 is 27.9 Å². The fourth-order valence-corrected chi connectivity index (χ4v) is 3.66. The number of carbonyl (C=O) groups is 2. The van der Waals surface area contributed by atoms with Crippen molar-refractivity contribution < 1.29 is 50.1 Å². The predicted molar refractivity (Wildman–Crippen MR) is 111 cm³/mol. The van der Waals surface area contributed by atoms with Gasteiger partial charge in [0.2, 0.25) is 0 Å². The van der Waals surface area contributed by atoms with Gasteiger partial charge in [0.25, 0.3) is 0 Å². The highest BCUT2D eigenvalue weighted by Gasteiger charge is 2.42. The summed E-state index contributed by atoms with van der Waals surface area (Å²) in [6, 6.07) is 8.90. The summed E-state index contributed by atoms with van der Waals surface area (Å²) in [6.07, 6.45) is -10.7. The zero-order valence-corrected chi connectivity index (χ0v) is 19.2. The predicted octanol–water partition coefficient (Wildman–Crippen LogP) is 5.79. The van der Waals surface area contributed by atoms with Crippen molar-refractivity contribution in [2.45, 2.75) is 12.5 Å². The van der Waals surface area contributed by atoms with Gasteiger partial charge in [-0.15, -0.1) is 13.2 Å². The Bertz CT molecular complexity index is 1270. The summed E-state index contributed by atoms with van der Waals surface area (Å²) >= 11 is 2.66. The van der Waals surface area contributed by atoms with Crippen LogP contribution in [0, 0.1) is 0 Å². The van der Waals surface area contributed by atoms with E-state index in [0.29, 0.717) is 6.07 Å². The molecule has 1 heterocycles. The molecule has 7 nitrogen and oxygen atoms in total. The maximum atomic E-state index is 13.7. The first-order chi connectivity index (χ1) is 16.3. The Labute approximate surface area is 201 Å². The van der Waals surface area contributed by atoms with E-state index < -0.39 is 62.8 Å². The minimum atomic E-state index is -5.42. The van der Waals surface area contributed by atoms with Gasteiger partial charge in [-0.2, -0.15) is 18.3 Å². The SMILES string of the molecule is COC(=O)c1c(-c2cc(Br)c(OC(F)(F)F)c(C(F)(F)F)c2)nn(-c2ccccc2)c1C(=O)OC. The standard InChI is InChI=1S/C21H13BrF6N2O5/c1-33-18(31)14-15(29-30(16(14)19(32)34-2)11-6-4-3-5-7-11)10-8-12(20(23,24)25)17(13(22)9-10)35-21(26,27)28/h3-9H,1-2H3. The van der Waals surface area contributed by atoms with Crippen LogP contribution in [0.4, 0.5) is 26.3 Å². The third-order valence-corrected chi connectivity index (χ3v) is 5.08. The number of para-hydroxylation sites is 1. The number of halogens is 7. The van der Waals surface area contributed by atoms with Crippen molar-refractivity contribution in [2.24, 2.45) is 0 Å². The van der Waals surface area contributed by atoms with Crippen molar-refractivity contribution in [1.82, 2.24) is 9.78 Å². The Balaban J connectivity index is 2.40. The number of methoxy groups -OCH3 is 2. The molecule has 0 aliphatic carbocycles. The molecule has 0 aliphatic rings. The van der Waals surface area contributed by atoms with Crippen molar-refractivity contribution in [3.8, 4) is 22.7 Å². The molecular formula is C21H13BrF6N2O5. The van der Waals surface area contributed by atoms with Crippen molar-refractivity contribution in [3.05, 3.63) is 63.8 Å². The van der Waals surface area contributed by atoms with Gasteiger partial charge in [-0.25, -0.2) is 14.3 Å². The highest BCUT2D eigenvalue weighted by atomic mass is 79.9. The van der Waals surface area contributed by atoms with E-state index in [9.17, 15) is 35.9 Å². The number of rotatable bonds is 5. The molecule has 0 spiro atoms. The number of carbonyl (C=O) groups excluding carboxylic acids is 2. The largest absolute Gasteiger partial charge is 0.573 e. The number of esters is 2. The molecule has 0 radical (unpaired) electrons. The number of alkyl halides is 6. The van der Waals surface area contributed by atoms with Gasteiger partial charge >= 0.3 is 24.5 Å². The average molecular weight is 567 g/mol. The number of ether oxygens (including phenoxy) is 3. The lowest BCUT2D eigenvalue weighted by molar-refractivity contribution is -0.276. The van der Waals surface area contributed by atoms with E-state index in [1.807, 2.05) is 0 Å². The molecule has 0 atom stereocenters. The quantitative estimate of drug-likeness (QED) is 0.287. The molecule has 35 heavy (non-hydrogen) atoms. The second kappa shape index (κ2) is 9.60. The normalized spacial score (nSPS) is 11.8. The Morgan fingerprint density at radius 2 is 1.54 bits per heavy atom. The fraction of sp³-hybridized carbons (Fsp3) is 0.190. The van der Waals surface area contributed by atoms with E-state index in [1.165, 1.54) is 12.1 Å². The van der Waals surface area contributed by atoms with Crippen molar-refractivity contribution in [2.75, 3.05) is 14.2 Å². The van der Waals surface area contributed by atoms with E-state index in [-0.39, 0.29) is 5.69 Å². The Morgan fingerprint density at radius 1 is 0.943 bits per heavy atom. The van der Waals surface area contributed by atoms with Gasteiger partial charge in [0.1, 0.15) is 11.3 Å². The van der Waals surface area contributed by atoms with Crippen LogP contribution in [0.25, 0.3) is 16.9 Å². The molecule has 0 bridgehead atoms. The van der Waals surface area contributed by atoms with Gasteiger partial charge in [0, 0.05) is 5.56 Å². The van der Waals surface area contributed by atoms with Gasteiger partial charge in [0.05, 0.1) is 29.9 Å². The molecule has 3 aromatic rings. The lowest BCUT2D eigenvalue weighted by atomic mass is 10.0. The van der Waals surface area contributed by atoms with Crippen LogP contribution in [0.3, 0.4) is 0 Å². The Kier molecular flexibility index (Phi) is 7.15. The number of hydrogen-bond donors (Lipinski definition) is 0. The summed E-state index contributed by atoms with van der Waals surface area (Å²) in [4.78, 5) is 25.2. The van der Waals surface area contributed by atoms with Gasteiger partial charge in [-0.3, -0.25) is 0 Å². The van der Waals surface area contributed by atoms with Crippen LogP contribution in [0.15, 0.2) is 46.9 Å². The monoisotopic (exact) mass is 566 g/mol. The summed E-state index contributed by atoms with van der Waals surface area (Å²) in [6.45, 7) is 0. The molecular weight excluding hydrogens is 554 g/mol. The van der Waals surface area contributed by atoms with E-state index in [1.54, 1.807) is 18.2 Å². The van der Waals surface area contributed by atoms with Crippen LogP contribution in [-0.2, 0) is 15.7 Å². The van der Waals surface area contributed by atoms with Crippen LogP contribution in [-0.4, -0.2) is 42.3 Å². The number of hydrogen-bond acceptors (Lipinski definition) is 6. The van der Waals surface area contributed by atoms with Crippen LogP contribution in [0.5, 0.6) is 5.75 Å². The zero-order valence-electron chi connectivity index (χ0n) is 17.6. The number of aromatic nitrogens is 2. The second-order valence-corrected chi connectivity index (χ2v) is 7.54. The average Bonchev–Trinajstić information content (AvgIpc) is 3.19. The topological polar surface area (TPSA) is 79.7 Å². The lowest BCUT2D eigenvalue weighted by Crippen LogP contribution is -2.20. The van der Waals surface area contributed by atoms with E-state index in [2.05, 4.69) is 25.8 Å². The molecule has 0 saturated heterocycles. The van der Waals surface area contributed by atoms with Gasteiger partial charge in [0.15, 0.2) is 11.4 Å². The zero-order chi connectivity index (χ0) is 26.1. The Morgan fingerprint density at radius 3 is 2.06 bits per heavy atom. The first-order valence-corrected chi connectivity index (χ1v) is 10.1. The second-order valence-electron chi connectivity index (χ2n) is 6.68. The molecule has 1 aromatic heterocycles. The maximum Gasteiger partial charge on any atom is 0.573 e. The lowest BCUT2D eigenvalue weighted by Gasteiger charge is -2.18. The molecule has 0 fully saturated rings. The van der Waals surface area contributed by atoms with E-state index in [4.69, 9.17) is 9.47 Å². The molecule has 186 valence electrons. The molecule has 0 saturated carbocycles. The van der Waals surface area contributed by atoms with Gasteiger partial charge < -0.3 is 14.2 Å². The van der Waals surface area contributed by atoms with E-state index in [0.717, 1.165) is 25.0 Å². The minimum Gasteiger partial charge on any atom is -0.465 e. The molecule has 0 amide bonds. The first-order valence-electron chi connectivity index (χ1n) is 9.30. The highest BCUT2D eigenvalue weighted by molar-refractivity contribution is 9.10. The van der Waals surface area contributed by atoms with Crippen molar-refractivity contribution in [1.29, 1.82) is 0 Å². The smallest absolute Gasteiger partial charge is 0.465 e. The number of nitrogens with zero attached hydrogens (tertiary/aromatic N) is 2. The van der Waals surface area contributed by atoms with Crippen LogP contribution >= 0.6 is 15.9 Å². The van der Waals surface area contributed by atoms with Crippen LogP contribution < -0.4 is 4.74 Å².